The van der Waals surface area contributed by atoms with Gasteiger partial charge in [-0.25, -0.2) is 0 Å². The lowest BCUT2D eigenvalue weighted by atomic mass is 10.4. The minimum Gasteiger partial charge on any atom is -0.460 e. The third kappa shape index (κ3) is 8.01. The molecule has 14 heavy (non-hydrogen) atoms. The van der Waals surface area contributed by atoms with E-state index in [-0.39, 0.29) is 18.2 Å². The Morgan fingerprint density at radius 1 is 1.21 bits per heavy atom. The maximum absolute atomic E-state index is 10.6. The van der Waals surface area contributed by atoms with Gasteiger partial charge >= 0.3 is 5.97 Å². The van der Waals surface area contributed by atoms with Crippen LogP contribution in [0.4, 0.5) is 0 Å². The summed E-state index contributed by atoms with van der Waals surface area (Å²) in [4.78, 5) is 10.6. The lowest BCUT2D eigenvalue weighted by Gasteiger charge is -2.15. The summed E-state index contributed by atoms with van der Waals surface area (Å²) in [6, 6.07) is 0. The van der Waals surface area contributed by atoms with Gasteiger partial charge in [0.25, 0.3) is 0 Å². The van der Waals surface area contributed by atoms with E-state index in [1.807, 2.05) is 13.8 Å². The maximum atomic E-state index is 10.6. The van der Waals surface area contributed by atoms with Crippen molar-refractivity contribution in [1.29, 1.82) is 0 Å². The minimum absolute atomic E-state index is 0.0875. The topological polar surface area (TPSA) is 44.8 Å². The second-order valence-corrected chi connectivity index (χ2v) is 3.22. The zero-order chi connectivity index (χ0) is 11.0. The van der Waals surface area contributed by atoms with E-state index in [1.54, 1.807) is 6.92 Å². The molecule has 0 spiro atoms. The molecule has 0 aliphatic carbocycles. The van der Waals surface area contributed by atoms with Gasteiger partial charge in [0.2, 0.25) is 0 Å². The van der Waals surface area contributed by atoms with Crippen LogP contribution in [-0.2, 0) is 19.0 Å². The molecule has 0 aromatic heterocycles. The molecule has 0 amide bonds. The van der Waals surface area contributed by atoms with Gasteiger partial charge in [0.1, 0.15) is 6.10 Å². The normalized spacial score (nSPS) is 14.9. The standard InChI is InChI=1S/C10H20O4/c1-5-13-8(2)6-12-7-9(3)14-10(4)11/h8-9H,5-7H2,1-4H3. The number of carbonyl (C=O) groups excluding carboxylic acids is 1. The maximum Gasteiger partial charge on any atom is 0.302 e. The van der Waals surface area contributed by atoms with Gasteiger partial charge in [-0.2, -0.15) is 0 Å². The summed E-state index contributed by atoms with van der Waals surface area (Å²) in [5.41, 5.74) is 0. The molecule has 84 valence electrons. The SMILES string of the molecule is CCOC(C)COCC(C)OC(C)=O. The van der Waals surface area contributed by atoms with Crippen LogP contribution in [0.3, 0.4) is 0 Å². The number of rotatable bonds is 7. The third-order valence-corrected chi connectivity index (χ3v) is 1.52. The molecule has 2 atom stereocenters. The quantitative estimate of drug-likeness (QED) is 0.588. The second kappa shape index (κ2) is 7.76. The summed E-state index contributed by atoms with van der Waals surface area (Å²) < 4.78 is 15.5. The van der Waals surface area contributed by atoms with Crippen molar-refractivity contribution in [2.45, 2.75) is 39.9 Å². The van der Waals surface area contributed by atoms with Crippen LogP contribution in [0.15, 0.2) is 0 Å². The molecule has 4 heteroatoms. The van der Waals surface area contributed by atoms with E-state index >= 15 is 0 Å². The molecule has 0 rings (SSSR count). The van der Waals surface area contributed by atoms with Crippen molar-refractivity contribution in [2.24, 2.45) is 0 Å². The van der Waals surface area contributed by atoms with E-state index < -0.39 is 0 Å². The Morgan fingerprint density at radius 2 is 1.79 bits per heavy atom. The average Bonchev–Trinajstić information content (AvgIpc) is 2.02. The molecular weight excluding hydrogens is 184 g/mol. The molecule has 0 bridgehead atoms. The van der Waals surface area contributed by atoms with E-state index in [0.717, 1.165) is 0 Å². The van der Waals surface area contributed by atoms with E-state index in [4.69, 9.17) is 14.2 Å². The zero-order valence-electron chi connectivity index (χ0n) is 9.41. The van der Waals surface area contributed by atoms with Crippen LogP contribution < -0.4 is 0 Å². The van der Waals surface area contributed by atoms with Crippen LogP contribution in [0.25, 0.3) is 0 Å². The van der Waals surface area contributed by atoms with Crippen LogP contribution in [0.2, 0.25) is 0 Å². The fourth-order valence-electron chi connectivity index (χ4n) is 1.05. The van der Waals surface area contributed by atoms with Gasteiger partial charge in [-0.15, -0.1) is 0 Å². The van der Waals surface area contributed by atoms with Crippen LogP contribution in [0.1, 0.15) is 27.7 Å². The highest BCUT2D eigenvalue weighted by Gasteiger charge is 2.07. The number of hydrogen-bond acceptors (Lipinski definition) is 4. The van der Waals surface area contributed by atoms with Crippen molar-refractivity contribution in [3.8, 4) is 0 Å². The first-order valence-corrected chi connectivity index (χ1v) is 4.92. The Bertz CT molecular complexity index is 158. The van der Waals surface area contributed by atoms with Gasteiger partial charge in [-0.1, -0.05) is 0 Å². The van der Waals surface area contributed by atoms with Gasteiger partial charge in [-0.3, -0.25) is 4.79 Å². The third-order valence-electron chi connectivity index (χ3n) is 1.52. The van der Waals surface area contributed by atoms with Crippen molar-refractivity contribution < 1.29 is 19.0 Å². The highest BCUT2D eigenvalue weighted by atomic mass is 16.6. The molecular formula is C10H20O4. The molecule has 0 N–H and O–H groups in total. The summed E-state index contributed by atoms with van der Waals surface area (Å²) in [7, 11) is 0. The Balaban J connectivity index is 3.38. The molecule has 0 fully saturated rings. The van der Waals surface area contributed by atoms with Gasteiger partial charge < -0.3 is 14.2 Å². The summed E-state index contributed by atoms with van der Waals surface area (Å²) in [6.45, 7) is 8.70. The lowest BCUT2D eigenvalue weighted by molar-refractivity contribution is -0.148. The van der Waals surface area contributed by atoms with E-state index in [9.17, 15) is 4.79 Å². The molecule has 0 saturated heterocycles. The van der Waals surface area contributed by atoms with Gasteiger partial charge in [0, 0.05) is 13.5 Å². The van der Waals surface area contributed by atoms with Gasteiger partial charge in [0.05, 0.1) is 19.3 Å². The Labute approximate surface area is 85.5 Å². The molecule has 0 radical (unpaired) electrons. The van der Waals surface area contributed by atoms with E-state index in [0.29, 0.717) is 19.8 Å². The van der Waals surface area contributed by atoms with Crippen molar-refractivity contribution in [1.82, 2.24) is 0 Å². The highest BCUT2D eigenvalue weighted by molar-refractivity contribution is 5.66. The highest BCUT2D eigenvalue weighted by Crippen LogP contribution is 1.96. The predicted octanol–water partition coefficient (Wildman–Crippen LogP) is 1.38. The minimum atomic E-state index is -0.279. The first-order valence-electron chi connectivity index (χ1n) is 4.92. The van der Waals surface area contributed by atoms with Crippen LogP contribution in [0.5, 0.6) is 0 Å². The molecule has 0 heterocycles. The molecule has 0 aromatic rings. The Morgan fingerprint density at radius 3 is 2.29 bits per heavy atom. The zero-order valence-corrected chi connectivity index (χ0v) is 9.41. The Kier molecular flexibility index (Phi) is 7.42. The Hall–Kier alpha value is -0.610. The average molecular weight is 204 g/mol. The van der Waals surface area contributed by atoms with Gasteiger partial charge in [0.15, 0.2) is 0 Å². The molecule has 0 saturated carbocycles. The van der Waals surface area contributed by atoms with Crippen LogP contribution in [0, 0.1) is 0 Å². The summed E-state index contributed by atoms with van der Waals surface area (Å²) in [5.74, 6) is -0.279. The number of esters is 1. The molecule has 0 aromatic carbocycles. The fraction of sp³-hybridized carbons (Fsp3) is 0.900. The lowest BCUT2D eigenvalue weighted by Crippen LogP contribution is -2.23. The largest absolute Gasteiger partial charge is 0.460 e. The number of ether oxygens (including phenoxy) is 3. The van der Waals surface area contributed by atoms with Crippen LogP contribution >= 0.6 is 0 Å². The van der Waals surface area contributed by atoms with Crippen LogP contribution in [-0.4, -0.2) is 38.0 Å². The summed E-state index contributed by atoms with van der Waals surface area (Å²) in [6.07, 6.45) is -0.106. The van der Waals surface area contributed by atoms with Gasteiger partial charge in [-0.05, 0) is 20.8 Å². The molecule has 0 aliphatic heterocycles. The smallest absolute Gasteiger partial charge is 0.302 e. The first kappa shape index (κ1) is 13.4. The van der Waals surface area contributed by atoms with Crippen molar-refractivity contribution >= 4 is 5.97 Å². The number of carbonyl (C=O) groups is 1. The first-order chi connectivity index (χ1) is 6.56. The van der Waals surface area contributed by atoms with E-state index in [1.165, 1.54) is 6.92 Å². The number of hydrogen-bond donors (Lipinski definition) is 0. The van der Waals surface area contributed by atoms with Crippen molar-refractivity contribution in [3.05, 3.63) is 0 Å². The van der Waals surface area contributed by atoms with Crippen molar-refractivity contribution in [3.63, 3.8) is 0 Å². The summed E-state index contributed by atoms with van der Waals surface area (Å²) >= 11 is 0. The monoisotopic (exact) mass is 204 g/mol. The predicted molar refractivity (Wildman–Crippen MR) is 53.1 cm³/mol. The molecule has 0 aliphatic rings. The molecule has 2 unspecified atom stereocenters. The summed E-state index contributed by atoms with van der Waals surface area (Å²) in [5, 5.41) is 0. The van der Waals surface area contributed by atoms with E-state index in [2.05, 4.69) is 0 Å². The fourth-order valence-corrected chi connectivity index (χ4v) is 1.05. The van der Waals surface area contributed by atoms with Crippen molar-refractivity contribution in [2.75, 3.05) is 19.8 Å². The second-order valence-electron chi connectivity index (χ2n) is 3.22. The molecule has 4 nitrogen and oxygen atoms in total.